The van der Waals surface area contributed by atoms with Crippen molar-refractivity contribution < 1.29 is 9.53 Å². The van der Waals surface area contributed by atoms with Crippen molar-refractivity contribution in [3.8, 4) is 5.75 Å². The minimum Gasteiger partial charge on any atom is -0.496 e. The molecule has 0 unspecified atom stereocenters. The minimum absolute atomic E-state index is 0.423. The van der Waals surface area contributed by atoms with E-state index in [1.54, 1.807) is 7.11 Å². The van der Waals surface area contributed by atoms with Gasteiger partial charge in [-0.2, -0.15) is 0 Å². The molecule has 0 atom stereocenters. The number of methoxy groups -OCH3 is 1. The number of hydrogen-bond donors (Lipinski definition) is 0. The molecule has 1 saturated carbocycles. The smallest absolute Gasteiger partial charge is 0.132 e. The van der Waals surface area contributed by atoms with Gasteiger partial charge in [0, 0.05) is 12.8 Å². The fourth-order valence-electron chi connectivity index (χ4n) is 3.03. The fourth-order valence-corrected chi connectivity index (χ4v) is 3.03. The molecule has 1 aromatic carbocycles. The predicted octanol–water partition coefficient (Wildman–Crippen LogP) is 4.35. The van der Waals surface area contributed by atoms with E-state index in [-0.39, 0.29) is 0 Å². The van der Waals surface area contributed by atoms with Gasteiger partial charge in [-0.1, -0.05) is 19.9 Å². The highest BCUT2D eigenvalue weighted by Gasteiger charge is 2.23. The van der Waals surface area contributed by atoms with E-state index in [0.29, 0.717) is 17.6 Å². The molecule has 0 amide bonds. The van der Waals surface area contributed by atoms with E-state index >= 15 is 0 Å². The molecule has 0 saturated heterocycles. The number of aryl methyl sites for hydroxylation is 1. The predicted molar refractivity (Wildman–Crippen MR) is 78.0 cm³/mol. The van der Waals surface area contributed by atoms with Gasteiger partial charge in [0.1, 0.15) is 11.5 Å². The molecule has 1 aromatic rings. The van der Waals surface area contributed by atoms with Gasteiger partial charge in [0.25, 0.3) is 0 Å². The molecule has 0 aliphatic heterocycles. The summed E-state index contributed by atoms with van der Waals surface area (Å²) < 4.78 is 5.49. The van der Waals surface area contributed by atoms with E-state index in [0.717, 1.165) is 31.4 Å². The monoisotopic (exact) mass is 260 g/mol. The summed E-state index contributed by atoms with van der Waals surface area (Å²) in [5.41, 5.74) is 3.98. The summed E-state index contributed by atoms with van der Waals surface area (Å²) in [5, 5.41) is 0. The highest BCUT2D eigenvalue weighted by atomic mass is 16.5. The normalized spacial score (nSPS) is 17.0. The van der Waals surface area contributed by atoms with Gasteiger partial charge in [-0.05, 0) is 54.4 Å². The highest BCUT2D eigenvalue weighted by molar-refractivity contribution is 5.79. The van der Waals surface area contributed by atoms with Crippen LogP contribution in [0.3, 0.4) is 0 Å². The number of hydrogen-bond acceptors (Lipinski definition) is 2. The molecule has 1 aliphatic rings. The van der Waals surface area contributed by atoms with Gasteiger partial charge in [0.05, 0.1) is 7.11 Å². The lowest BCUT2D eigenvalue weighted by Gasteiger charge is -2.25. The fraction of sp³-hybridized carbons (Fsp3) is 0.588. The number of benzene rings is 1. The van der Waals surface area contributed by atoms with Crippen molar-refractivity contribution in [1.82, 2.24) is 0 Å². The first-order valence-corrected chi connectivity index (χ1v) is 7.23. The number of rotatable bonds is 3. The van der Waals surface area contributed by atoms with Gasteiger partial charge in [-0.15, -0.1) is 0 Å². The van der Waals surface area contributed by atoms with Crippen LogP contribution in [-0.2, 0) is 4.79 Å². The maximum atomic E-state index is 11.4. The Morgan fingerprint density at radius 3 is 2.37 bits per heavy atom. The van der Waals surface area contributed by atoms with E-state index in [9.17, 15) is 4.79 Å². The van der Waals surface area contributed by atoms with Crippen LogP contribution in [0.4, 0.5) is 0 Å². The molecule has 0 N–H and O–H groups in total. The van der Waals surface area contributed by atoms with Gasteiger partial charge in [-0.25, -0.2) is 0 Å². The molecule has 2 rings (SSSR count). The quantitative estimate of drug-likeness (QED) is 0.807. The molecule has 1 fully saturated rings. The molecule has 0 radical (unpaired) electrons. The van der Waals surface area contributed by atoms with Crippen molar-refractivity contribution in [2.45, 2.75) is 58.3 Å². The topological polar surface area (TPSA) is 26.3 Å². The molecular formula is C17H24O2. The maximum Gasteiger partial charge on any atom is 0.132 e. The summed E-state index contributed by atoms with van der Waals surface area (Å²) >= 11 is 0. The lowest BCUT2D eigenvalue weighted by Crippen LogP contribution is -2.14. The van der Waals surface area contributed by atoms with Crippen molar-refractivity contribution in [1.29, 1.82) is 0 Å². The summed E-state index contributed by atoms with van der Waals surface area (Å²) in [7, 11) is 1.74. The van der Waals surface area contributed by atoms with E-state index < -0.39 is 0 Å². The van der Waals surface area contributed by atoms with E-state index in [4.69, 9.17) is 4.74 Å². The van der Waals surface area contributed by atoms with Crippen LogP contribution in [0.25, 0.3) is 0 Å². The van der Waals surface area contributed by atoms with E-state index in [1.165, 1.54) is 16.7 Å². The zero-order valence-corrected chi connectivity index (χ0v) is 12.5. The summed E-state index contributed by atoms with van der Waals surface area (Å²) in [5.74, 6) is 2.41. The highest BCUT2D eigenvalue weighted by Crippen LogP contribution is 2.37. The summed E-state index contributed by atoms with van der Waals surface area (Å²) in [6, 6.07) is 4.46. The zero-order valence-electron chi connectivity index (χ0n) is 12.5. The average molecular weight is 260 g/mol. The zero-order chi connectivity index (χ0) is 14.0. The van der Waals surface area contributed by atoms with E-state index in [2.05, 4.69) is 32.9 Å². The number of carbonyl (C=O) groups excluding carboxylic acids is 1. The average Bonchev–Trinajstić information content (AvgIpc) is 2.39. The lowest BCUT2D eigenvalue weighted by molar-refractivity contribution is -0.120. The lowest BCUT2D eigenvalue weighted by atomic mass is 9.80. The van der Waals surface area contributed by atoms with Gasteiger partial charge in [0.15, 0.2) is 0 Å². The summed E-state index contributed by atoms with van der Waals surface area (Å²) in [6.45, 7) is 6.54. The number of Topliss-reactive ketones (excluding diaryl/α,β-unsaturated/α-hetero) is 1. The van der Waals surface area contributed by atoms with Crippen LogP contribution in [0.15, 0.2) is 12.1 Å². The Labute approximate surface area is 116 Å². The third-order valence-electron chi connectivity index (χ3n) is 4.22. The largest absolute Gasteiger partial charge is 0.496 e. The standard InChI is InChI=1S/C17H24O2/c1-11(2)15-10-16(12(3)9-17(15)19-4)13-5-7-14(18)8-6-13/h9-11,13H,5-8H2,1-4H3. The Hall–Kier alpha value is -1.31. The van der Waals surface area contributed by atoms with Gasteiger partial charge in [-0.3, -0.25) is 4.79 Å². The molecule has 0 bridgehead atoms. The van der Waals surface area contributed by atoms with Crippen molar-refractivity contribution in [3.63, 3.8) is 0 Å². The van der Waals surface area contributed by atoms with E-state index in [1.807, 2.05) is 0 Å². The number of ether oxygens (including phenoxy) is 1. The molecule has 0 aromatic heterocycles. The van der Waals surface area contributed by atoms with Crippen LogP contribution in [0, 0.1) is 6.92 Å². The second-order valence-corrected chi connectivity index (χ2v) is 5.92. The maximum absolute atomic E-state index is 11.4. The van der Waals surface area contributed by atoms with Gasteiger partial charge >= 0.3 is 0 Å². The summed E-state index contributed by atoms with van der Waals surface area (Å²) in [6.07, 6.45) is 3.49. The third-order valence-corrected chi connectivity index (χ3v) is 4.22. The van der Waals surface area contributed by atoms with Crippen LogP contribution >= 0.6 is 0 Å². The Balaban J connectivity index is 2.35. The van der Waals surface area contributed by atoms with Gasteiger partial charge in [0.2, 0.25) is 0 Å². The van der Waals surface area contributed by atoms with Crippen molar-refractivity contribution >= 4 is 5.78 Å². The molecular weight excluding hydrogens is 236 g/mol. The Morgan fingerprint density at radius 1 is 1.21 bits per heavy atom. The molecule has 1 aliphatic carbocycles. The van der Waals surface area contributed by atoms with Crippen LogP contribution in [-0.4, -0.2) is 12.9 Å². The van der Waals surface area contributed by atoms with Gasteiger partial charge < -0.3 is 4.74 Å². The van der Waals surface area contributed by atoms with Crippen molar-refractivity contribution in [3.05, 3.63) is 28.8 Å². The first kappa shape index (κ1) is 14.1. The van der Waals surface area contributed by atoms with Crippen LogP contribution in [0.2, 0.25) is 0 Å². The Morgan fingerprint density at radius 2 is 1.84 bits per heavy atom. The first-order valence-electron chi connectivity index (χ1n) is 7.23. The van der Waals surface area contributed by atoms with Crippen molar-refractivity contribution in [2.75, 3.05) is 7.11 Å². The molecule has 2 heteroatoms. The Kier molecular flexibility index (Phi) is 4.28. The van der Waals surface area contributed by atoms with Crippen LogP contribution < -0.4 is 4.74 Å². The first-order chi connectivity index (χ1) is 9.02. The molecule has 0 heterocycles. The second-order valence-electron chi connectivity index (χ2n) is 5.92. The molecule has 2 nitrogen and oxygen atoms in total. The minimum atomic E-state index is 0.423. The SMILES string of the molecule is COc1cc(C)c(C2CCC(=O)CC2)cc1C(C)C. The summed E-state index contributed by atoms with van der Waals surface area (Å²) in [4.78, 5) is 11.4. The number of carbonyl (C=O) groups is 1. The second kappa shape index (κ2) is 5.77. The van der Waals surface area contributed by atoms with Crippen molar-refractivity contribution in [2.24, 2.45) is 0 Å². The molecule has 0 spiro atoms. The van der Waals surface area contributed by atoms with Crippen LogP contribution in [0.5, 0.6) is 5.75 Å². The molecule has 19 heavy (non-hydrogen) atoms. The Bertz CT molecular complexity index is 464. The van der Waals surface area contributed by atoms with Crippen LogP contribution in [0.1, 0.15) is 68.1 Å². The third kappa shape index (κ3) is 2.99. The molecule has 104 valence electrons. The number of ketones is 1.